The normalized spacial score (nSPS) is 10.3. The van der Waals surface area contributed by atoms with Crippen molar-refractivity contribution in [1.29, 1.82) is 0 Å². The number of benzene rings is 1. The Morgan fingerprint density at radius 2 is 2.00 bits per heavy atom. The van der Waals surface area contributed by atoms with Gasteiger partial charge < -0.3 is 14.5 Å². The molecule has 0 fully saturated rings. The fourth-order valence-electron chi connectivity index (χ4n) is 1.82. The standard InChI is InChI=1S/C16H10BrNO4S/c17-14-7-6-12(22-14)16(20)21-11-4-1-3-10(9-11)18-15(19)13-5-2-8-23-13/h1-9H,(H,18,19). The monoisotopic (exact) mass is 391 g/mol. The second kappa shape index (κ2) is 6.80. The fourth-order valence-corrected chi connectivity index (χ4v) is 2.74. The summed E-state index contributed by atoms with van der Waals surface area (Å²) in [5.41, 5.74) is 0.536. The lowest BCUT2D eigenvalue weighted by molar-refractivity contribution is 0.0700. The van der Waals surface area contributed by atoms with Crippen molar-refractivity contribution >= 4 is 44.8 Å². The smallest absolute Gasteiger partial charge is 0.379 e. The van der Waals surface area contributed by atoms with Gasteiger partial charge in [0.05, 0.1) is 4.88 Å². The number of esters is 1. The molecule has 0 aliphatic heterocycles. The first-order chi connectivity index (χ1) is 11.1. The molecule has 23 heavy (non-hydrogen) atoms. The minimum Gasteiger partial charge on any atom is -0.442 e. The summed E-state index contributed by atoms with van der Waals surface area (Å²) in [6.45, 7) is 0. The second-order valence-electron chi connectivity index (χ2n) is 4.45. The number of nitrogens with one attached hydrogen (secondary N) is 1. The first-order valence-electron chi connectivity index (χ1n) is 6.54. The molecule has 0 aliphatic carbocycles. The minimum absolute atomic E-state index is 0.0879. The molecule has 0 unspecified atom stereocenters. The number of ether oxygens (including phenoxy) is 1. The van der Waals surface area contributed by atoms with Crippen LogP contribution in [-0.4, -0.2) is 11.9 Å². The molecule has 3 rings (SSSR count). The van der Waals surface area contributed by atoms with E-state index in [2.05, 4.69) is 21.2 Å². The van der Waals surface area contributed by atoms with Crippen molar-refractivity contribution in [3.63, 3.8) is 0 Å². The number of thiophene rings is 1. The van der Waals surface area contributed by atoms with Crippen LogP contribution in [0.3, 0.4) is 0 Å². The second-order valence-corrected chi connectivity index (χ2v) is 6.18. The highest BCUT2D eigenvalue weighted by atomic mass is 79.9. The predicted molar refractivity (Wildman–Crippen MR) is 90.1 cm³/mol. The van der Waals surface area contributed by atoms with E-state index in [4.69, 9.17) is 9.15 Å². The van der Waals surface area contributed by atoms with Gasteiger partial charge in [-0.3, -0.25) is 4.79 Å². The average Bonchev–Trinajstić information content (AvgIpc) is 3.18. The summed E-state index contributed by atoms with van der Waals surface area (Å²) < 4.78 is 10.8. The van der Waals surface area contributed by atoms with Crippen molar-refractivity contribution < 1.29 is 18.7 Å². The van der Waals surface area contributed by atoms with E-state index >= 15 is 0 Å². The molecule has 5 nitrogen and oxygen atoms in total. The first kappa shape index (κ1) is 15.5. The molecule has 0 aliphatic rings. The van der Waals surface area contributed by atoms with Gasteiger partial charge in [-0.15, -0.1) is 11.3 Å². The molecule has 1 N–H and O–H groups in total. The molecule has 2 aromatic heterocycles. The molecule has 116 valence electrons. The molecular formula is C16H10BrNO4S. The Morgan fingerprint density at radius 1 is 1.13 bits per heavy atom. The number of carbonyl (C=O) groups excluding carboxylic acids is 2. The molecule has 3 aromatic rings. The first-order valence-corrected chi connectivity index (χ1v) is 8.21. The van der Waals surface area contributed by atoms with Gasteiger partial charge in [-0.05, 0) is 51.6 Å². The topological polar surface area (TPSA) is 68.5 Å². The lowest BCUT2D eigenvalue weighted by Crippen LogP contribution is -2.11. The Balaban J connectivity index is 1.70. The highest BCUT2D eigenvalue weighted by molar-refractivity contribution is 9.10. The number of furan rings is 1. The molecule has 1 amide bonds. The highest BCUT2D eigenvalue weighted by Crippen LogP contribution is 2.21. The van der Waals surface area contributed by atoms with Crippen LogP contribution in [0.25, 0.3) is 0 Å². The summed E-state index contributed by atoms with van der Waals surface area (Å²) in [4.78, 5) is 24.5. The summed E-state index contributed by atoms with van der Waals surface area (Å²) in [6.07, 6.45) is 0. The third-order valence-electron chi connectivity index (χ3n) is 2.82. The van der Waals surface area contributed by atoms with Crippen molar-refractivity contribution in [2.45, 2.75) is 0 Å². The lowest BCUT2D eigenvalue weighted by Gasteiger charge is -2.06. The number of rotatable bonds is 4. The summed E-state index contributed by atoms with van der Waals surface area (Å²) in [5, 5.41) is 4.58. The zero-order valence-electron chi connectivity index (χ0n) is 11.6. The number of hydrogen-bond acceptors (Lipinski definition) is 5. The van der Waals surface area contributed by atoms with Crippen LogP contribution in [0, 0.1) is 0 Å². The van der Waals surface area contributed by atoms with Gasteiger partial charge in [0.25, 0.3) is 5.91 Å². The maximum atomic E-state index is 12.0. The van der Waals surface area contributed by atoms with Crippen LogP contribution in [0.5, 0.6) is 5.75 Å². The van der Waals surface area contributed by atoms with E-state index in [1.165, 1.54) is 17.4 Å². The van der Waals surface area contributed by atoms with Crippen LogP contribution in [0.2, 0.25) is 0 Å². The molecule has 0 radical (unpaired) electrons. The molecule has 0 atom stereocenters. The maximum absolute atomic E-state index is 12.0. The minimum atomic E-state index is -0.613. The largest absolute Gasteiger partial charge is 0.442 e. The van der Waals surface area contributed by atoms with Gasteiger partial charge in [-0.25, -0.2) is 4.79 Å². The van der Waals surface area contributed by atoms with Gasteiger partial charge in [0.15, 0.2) is 4.67 Å². The Labute approximate surface area is 144 Å². The highest BCUT2D eigenvalue weighted by Gasteiger charge is 2.14. The Hall–Kier alpha value is -2.38. The zero-order valence-corrected chi connectivity index (χ0v) is 14.0. The molecule has 0 saturated heterocycles. The van der Waals surface area contributed by atoms with E-state index in [-0.39, 0.29) is 11.7 Å². The SMILES string of the molecule is O=C(Oc1cccc(NC(=O)c2cccs2)c1)c1ccc(Br)o1. The number of anilines is 1. The van der Waals surface area contributed by atoms with Gasteiger partial charge in [0.2, 0.25) is 5.76 Å². The van der Waals surface area contributed by atoms with Gasteiger partial charge in [-0.1, -0.05) is 12.1 Å². The molecule has 0 spiro atoms. The molecule has 0 bridgehead atoms. The van der Waals surface area contributed by atoms with Crippen LogP contribution in [0.4, 0.5) is 5.69 Å². The quantitative estimate of drug-likeness (QED) is 0.522. The maximum Gasteiger partial charge on any atom is 0.379 e. The van der Waals surface area contributed by atoms with E-state index in [9.17, 15) is 9.59 Å². The predicted octanol–water partition coefficient (Wildman–Crippen LogP) is 4.58. The van der Waals surface area contributed by atoms with E-state index < -0.39 is 5.97 Å². The number of amides is 1. The Morgan fingerprint density at radius 3 is 2.70 bits per heavy atom. The number of carbonyl (C=O) groups is 2. The molecule has 1 aromatic carbocycles. The third-order valence-corrected chi connectivity index (χ3v) is 4.12. The third kappa shape index (κ3) is 3.88. The van der Waals surface area contributed by atoms with Crippen molar-refractivity contribution in [2.75, 3.05) is 5.32 Å². The molecule has 2 heterocycles. The zero-order chi connectivity index (χ0) is 16.2. The van der Waals surface area contributed by atoms with Crippen molar-refractivity contribution in [1.82, 2.24) is 0 Å². The number of hydrogen-bond donors (Lipinski definition) is 1. The van der Waals surface area contributed by atoms with Crippen molar-refractivity contribution in [2.24, 2.45) is 0 Å². The summed E-state index contributed by atoms with van der Waals surface area (Å²) in [5.74, 6) is -0.424. The van der Waals surface area contributed by atoms with Crippen LogP contribution in [-0.2, 0) is 0 Å². The Kier molecular flexibility index (Phi) is 4.59. The average molecular weight is 392 g/mol. The van der Waals surface area contributed by atoms with Crippen LogP contribution in [0.15, 0.2) is 63.0 Å². The van der Waals surface area contributed by atoms with E-state index in [0.29, 0.717) is 21.0 Å². The van der Waals surface area contributed by atoms with Gasteiger partial charge in [0.1, 0.15) is 5.75 Å². The van der Waals surface area contributed by atoms with Gasteiger partial charge in [0, 0.05) is 11.8 Å². The molecular weight excluding hydrogens is 382 g/mol. The summed E-state index contributed by atoms with van der Waals surface area (Å²) in [6, 6.07) is 13.2. The summed E-state index contributed by atoms with van der Waals surface area (Å²) in [7, 11) is 0. The van der Waals surface area contributed by atoms with Gasteiger partial charge >= 0.3 is 5.97 Å². The number of halogens is 1. The summed E-state index contributed by atoms with van der Waals surface area (Å²) >= 11 is 4.47. The van der Waals surface area contributed by atoms with Crippen molar-refractivity contribution in [3.05, 3.63) is 69.2 Å². The van der Waals surface area contributed by atoms with E-state index in [1.54, 1.807) is 42.5 Å². The van der Waals surface area contributed by atoms with Gasteiger partial charge in [-0.2, -0.15) is 0 Å². The fraction of sp³-hybridized carbons (Fsp3) is 0. The molecule has 0 saturated carbocycles. The molecule has 7 heteroatoms. The van der Waals surface area contributed by atoms with Crippen LogP contribution < -0.4 is 10.1 Å². The lowest BCUT2D eigenvalue weighted by atomic mass is 10.3. The van der Waals surface area contributed by atoms with E-state index in [1.807, 2.05) is 5.38 Å². The van der Waals surface area contributed by atoms with Crippen LogP contribution >= 0.6 is 27.3 Å². The Bertz CT molecular complexity index is 841. The van der Waals surface area contributed by atoms with Crippen molar-refractivity contribution in [3.8, 4) is 5.75 Å². The van der Waals surface area contributed by atoms with Crippen LogP contribution in [0.1, 0.15) is 20.2 Å². The van der Waals surface area contributed by atoms with E-state index in [0.717, 1.165) is 0 Å².